The van der Waals surface area contributed by atoms with E-state index in [4.69, 9.17) is 14.3 Å². The van der Waals surface area contributed by atoms with Crippen LogP contribution in [0.3, 0.4) is 0 Å². The Hall–Kier alpha value is -3.26. The fraction of sp³-hybridized carbons (Fsp3) is 0.227. The molecular formula is C22H23NO6S. The number of aromatic carboxylic acids is 1. The molecule has 158 valence electrons. The van der Waals surface area contributed by atoms with Gasteiger partial charge in [-0.2, -0.15) is 8.42 Å². The van der Waals surface area contributed by atoms with Crippen LogP contribution in [-0.4, -0.2) is 25.5 Å². The smallest absolute Gasteiger partial charge is 0.335 e. The monoisotopic (exact) mass is 429 g/mol. The number of ether oxygens (including phenoxy) is 1. The number of carboxylic acid groups (broad SMARTS) is 1. The molecule has 0 atom stereocenters. The van der Waals surface area contributed by atoms with Gasteiger partial charge in [0.2, 0.25) is 5.09 Å². The van der Waals surface area contributed by atoms with Crippen LogP contribution in [0.5, 0.6) is 5.75 Å². The Labute approximate surface area is 175 Å². The number of furan rings is 1. The van der Waals surface area contributed by atoms with Gasteiger partial charge in [-0.15, -0.1) is 0 Å². The summed E-state index contributed by atoms with van der Waals surface area (Å²) in [4.78, 5) is 11.0. The maximum absolute atomic E-state index is 13.2. The molecule has 0 unspecified atom stereocenters. The minimum atomic E-state index is -3.93. The molecule has 0 bridgehead atoms. The molecule has 1 aromatic heterocycles. The Morgan fingerprint density at radius 2 is 1.83 bits per heavy atom. The molecule has 0 aliphatic heterocycles. The van der Waals surface area contributed by atoms with Crippen molar-refractivity contribution in [1.29, 1.82) is 0 Å². The van der Waals surface area contributed by atoms with Gasteiger partial charge in [0.15, 0.2) is 0 Å². The quantitative estimate of drug-likeness (QED) is 0.567. The van der Waals surface area contributed by atoms with E-state index in [1.54, 1.807) is 38.1 Å². The van der Waals surface area contributed by atoms with E-state index in [9.17, 15) is 13.2 Å². The van der Waals surface area contributed by atoms with Crippen molar-refractivity contribution in [3.05, 3.63) is 77.6 Å². The Balaban J connectivity index is 1.94. The van der Waals surface area contributed by atoms with Crippen LogP contribution in [0, 0.1) is 6.92 Å². The van der Waals surface area contributed by atoms with Gasteiger partial charge in [0.1, 0.15) is 12.4 Å². The first-order valence-electron chi connectivity index (χ1n) is 9.34. The lowest BCUT2D eigenvalue weighted by Gasteiger charge is -2.29. The molecule has 0 aliphatic carbocycles. The Morgan fingerprint density at radius 1 is 1.13 bits per heavy atom. The number of rotatable bonds is 8. The Morgan fingerprint density at radius 3 is 2.40 bits per heavy atom. The highest BCUT2D eigenvalue weighted by molar-refractivity contribution is 7.92. The van der Waals surface area contributed by atoms with Crippen LogP contribution in [0.15, 0.2) is 70.4 Å². The van der Waals surface area contributed by atoms with Crippen LogP contribution in [-0.2, 0) is 16.6 Å². The van der Waals surface area contributed by atoms with Gasteiger partial charge in [-0.1, -0.05) is 18.2 Å². The lowest BCUT2D eigenvalue weighted by atomic mass is 10.1. The lowest BCUT2D eigenvalue weighted by molar-refractivity contribution is 0.0697. The molecule has 30 heavy (non-hydrogen) atoms. The van der Waals surface area contributed by atoms with E-state index in [-0.39, 0.29) is 23.3 Å². The van der Waals surface area contributed by atoms with E-state index in [0.717, 1.165) is 11.1 Å². The van der Waals surface area contributed by atoms with Crippen molar-refractivity contribution in [2.24, 2.45) is 0 Å². The summed E-state index contributed by atoms with van der Waals surface area (Å²) >= 11 is 0. The highest BCUT2D eigenvalue weighted by Crippen LogP contribution is 2.35. The molecule has 0 saturated carbocycles. The minimum absolute atomic E-state index is 0.145. The SMILES string of the molecule is Cc1ccc(OCc2ccc(C(=O)O)cc2)c(N(C(C)C)S(=O)(=O)c2ccco2)c1. The van der Waals surface area contributed by atoms with Crippen LogP contribution >= 0.6 is 0 Å². The molecule has 0 radical (unpaired) electrons. The molecule has 0 aliphatic rings. The van der Waals surface area contributed by atoms with E-state index in [0.29, 0.717) is 11.4 Å². The van der Waals surface area contributed by atoms with Crippen molar-refractivity contribution in [2.75, 3.05) is 4.31 Å². The summed E-state index contributed by atoms with van der Waals surface area (Å²) in [5.41, 5.74) is 2.23. The summed E-state index contributed by atoms with van der Waals surface area (Å²) in [6, 6.07) is 14.2. The number of nitrogens with zero attached hydrogens (tertiary/aromatic N) is 1. The highest BCUT2D eigenvalue weighted by atomic mass is 32.2. The van der Waals surface area contributed by atoms with E-state index in [1.165, 1.54) is 34.8 Å². The summed E-state index contributed by atoms with van der Waals surface area (Å²) < 4.78 is 38.8. The number of carboxylic acids is 1. The third-order valence-corrected chi connectivity index (χ3v) is 6.30. The third-order valence-electron chi connectivity index (χ3n) is 4.42. The highest BCUT2D eigenvalue weighted by Gasteiger charge is 2.32. The molecule has 0 fully saturated rings. The van der Waals surface area contributed by atoms with Crippen LogP contribution in [0.2, 0.25) is 0 Å². The summed E-state index contributed by atoms with van der Waals surface area (Å²) in [7, 11) is -3.93. The van der Waals surface area contributed by atoms with Crippen LogP contribution in [0.25, 0.3) is 0 Å². The molecule has 2 aromatic carbocycles. The molecule has 0 spiro atoms. The zero-order chi connectivity index (χ0) is 21.9. The average molecular weight is 429 g/mol. The number of hydrogen-bond donors (Lipinski definition) is 1. The fourth-order valence-electron chi connectivity index (χ4n) is 3.02. The lowest BCUT2D eigenvalue weighted by Crippen LogP contribution is -2.37. The second-order valence-corrected chi connectivity index (χ2v) is 8.83. The van der Waals surface area contributed by atoms with E-state index >= 15 is 0 Å². The van der Waals surface area contributed by atoms with Crippen molar-refractivity contribution in [3.8, 4) is 5.75 Å². The summed E-state index contributed by atoms with van der Waals surface area (Å²) in [6.07, 6.45) is 1.32. The van der Waals surface area contributed by atoms with Crippen molar-refractivity contribution in [1.82, 2.24) is 0 Å². The molecule has 3 aromatic rings. The number of hydrogen-bond acceptors (Lipinski definition) is 5. The second kappa shape index (κ2) is 8.62. The topological polar surface area (TPSA) is 97.0 Å². The van der Waals surface area contributed by atoms with E-state index in [1.807, 2.05) is 13.0 Å². The molecule has 0 amide bonds. The van der Waals surface area contributed by atoms with Crippen molar-refractivity contribution in [3.63, 3.8) is 0 Å². The fourth-order valence-corrected chi connectivity index (χ4v) is 4.60. The molecule has 3 rings (SSSR count). The van der Waals surface area contributed by atoms with Crippen molar-refractivity contribution >= 4 is 21.7 Å². The van der Waals surface area contributed by atoms with Gasteiger partial charge in [0, 0.05) is 6.04 Å². The van der Waals surface area contributed by atoms with Gasteiger partial charge in [-0.3, -0.25) is 4.31 Å². The van der Waals surface area contributed by atoms with Gasteiger partial charge in [-0.05, 0) is 68.3 Å². The first-order valence-corrected chi connectivity index (χ1v) is 10.8. The van der Waals surface area contributed by atoms with Crippen LogP contribution < -0.4 is 9.04 Å². The normalized spacial score (nSPS) is 11.5. The van der Waals surface area contributed by atoms with Crippen molar-refractivity contribution in [2.45, 2.75) is 38.5 Å². The molecule has 8 heteroatoms. The number of aryl methyl sites for hydroxylation is 1. The van der Waals surface area contributed by atoms with Gasteiger partial charge >= 0.3 is 5.97 Å². The predicted molar refractivity (Wildman–Crippen MR) is 112 cm³/mol. The molecule has 1 heterocycles. The molecule has 7 nitrogen and oxygen atoms in total. The average Bonchev–Trinajstić information content (AvgIpc) is 3.23. The summed E-state index contributed by atoms with van der Waals surface area (Å²) in [5.74, 6) is -0.606. The van der Waals surface area contributed by atoms with Gasteiger partial charge < -0.3 is 14.3 Å². The van der Waals surface area contributed by atoms with Crippen LogP contribution in [0.4, 0.5) is 5.69 Å². The first kappa shape index (κ1) is 21.4. The number of anilines is 1. The van der Waals surface area contributed by atoms with E-state index < -0.39 is 16.0 Å². The zero-order valence-corrected chi connectivity index (χ0v) is 17.7. The molecule has 0 saturated heterocycles. The largest absolute Gasteiger partial charge is 0.487 e. The van der Waals surface area contributed by atoms with E-state index in [2.05, 4.69) is 0 Å². The zero-order valence-electron chi connectivity index (χ0n) is 16.9. The van der Waals surface area contributed by atoms with Crippen LogP contribution in [0.1, 0.15) is 35.3 Å². The summed E-state index contributed by atoms with van der Waals surface area (Å²) in [5, 5.41) is 8.87. The maximum Gasteiger partial charge on any atom is 0.335 e. The summed E-state index contributed by atoms with van der Waals surface area (Å²) in [6.45, 7) is 5.58. The standard InChI is InChI=1S/C22H23NO6S/c1-15(2)23(30(26,27)21-5-4-12-28-21)19-13-16(3)6-11-20(19)29-14-17-7-9-18(10-8-17)22(24)25/h4-13,15H,14H2,1-3H3,(H,24,25). The Bertz CT molecular complexity index is 1120. The maximum atomic E-state index is 13.2. The number of benzene rings is 2. The van der Waals surface area contributed by atoms with Gasteiger partial charge in [0.25, 0.3) is 10.0 Å². The third kappa shape index (κ3) is 4.49. The first-order chi connectivity index (χ1) is 14.2. The predicted octanol–water partition coefficient (Wildman–Crippen LogP) is 4.47. The Kier molecular flexibility index (Phi) is 6.17. The molecule has 1 N–H and O–H groups in total. The molecular weight excluding hydrogens is 406 g/mol. The van der Waals surface area contributed by atoms with Gasteiger partial charge in [-0.25, -0.2) is 4.79 Å². The number of sulfonamides is 1. The second-order valence-electron chi connectivity index (χ2n) is 7.09. The number of carbonyl (C=O) groups is 1. The van der Waals surface area contributed by atoms with Gasteiger partial charge in [0.05, 0.1) is 17.5 Å². The van der Waals surface area contributed by atoms with Crippen molar-refractivity contribution < 1.29 is 27.5 Å². The minimum Gasteiger partial charge on any atom is -0.487 e.